The van der Waals surface area contributed by atoms with Gasteiger partial charge in [0.25, 0.3) is 0 Å². The van der Waals surface area contributed by atoms with Crippen molar-refractivity contribution in [2.75, 3.05) is 45.2 Å². The molecule has 2 aliphatic rings. The molecular formula is C19H30N4O. The van der Waals surface area contributed by atoms with Crippen LogP contribution in [0.15, 0.2) is 24.3 Å². The summed E-state index contributed by atoms with van der Waals surface area (Å²) in [6.07, 6.45) is 4.79. The molecular weight excluding hydrogens is 300 g/mol. The predicted molar refractivity (Wildman–Crippen MR) is 98.4 cm³/mol. The van der Waals surface area contributed by atoms with Gasteiger partial charge in [-0.05, 0) is 51.4 Å². The van der Waals surface area contributed by atoms with Crippen LogP contribution in [0.1, 0.15) is 31.2 Å². The summed E-state index contributed by atoms with van der Waals surface area (Å²) in [5.41, 5.74) is 2.49. The highest BCUT2D eigenvalue weighted by Gasteiger charge is 2.25. The van der Waals surface area contributed by atoms with E-state index in [0.717, 1.165) is 32.6 Å². The molecule has 1 aromatic rings. The van der Waals surface area contributed by atoms with Crippen molar-refractivity contribution in [1.29, 1.82) is 0 Å². The van der Waals surface area contributed by atoms with Crippen LogP contribution in [0.5, 0.6) is 0 Å². The van der Waals surface area contributed by atoms with Crippen molar-refractivity contribution < 1.29 is 4.79 Å². The van der Waals surface area contributed by atoms with Gasteiger partial charge in [-0.2, -0.15) is 0 Å². The van der Waals surface area contributed by atoms with Crippen LogP contribution in [0, 0.1) is 0 Å². The van der Waals surface area contributed by atoms with Gasteiger partial charge in [0, 0.05) is 44.5 Å². The number of nitrogens with zero attached hydrogens (tertiary/aromatic N) is 3. The number of carbonyl (C=O) groups excluding carboxylic acids is 1. The van der Waals surface area contributed by atoms with Crippen molar-refractivity contribution in [3.8, 4) is 0 Å². The Labute approximate surface area is 145 Å². The standard InChI is InChI=1S/C19H30N4O/c1-21(2)17-9-7-13-23(15-17)19(24)20-14-16-8-3-4-10-18(16)22-11-5-6-12-22/h3-4,8,10,17H,5-7,9,11-15H2,1-2H3,(H,20,24). The van der Waals surface area contributed by atoms with Crippen LogP contribution < -0.4 is 10.2 Å². The number of piperidine rings is 1. The average molecular weight is 330 g/mol. The Balaban J connectivity index is 1.58. The van der Waals surface area contributed by atoms with Crippen molar-refractivity contribution >= 4 is 11.7 Å². The minimum absolute atomic E-state index is 0.0674. The van der Waals surface area contributed by atoms with Crippen molar-refractivity contribution in [2.24, 2.45) is 0 Å². The number of anilines is 1. The van der Waals surface area contributed by atoms with Gasteiger partial charge in [0.05, 0.1) is 0 Å². The summed E-state index contributed by atoms with van der Waals surface area (Å²) in [7, 11) is 4.19. The first-order valence-corrected chi connectivity index (χ1v) is 9.17. The van der Waals surface area contributed by atoms with E-state index in [1.807, 2.05) is 4.90 Å². The van der Waals surface area contributed by atoms with Crippen LogP contribution in [0.4, 0.5) is 10.5 Å². The number of para-hydroxylation sites is 1. The molecule has 1 atom stereocenters. The van der Waals surface area contributed by atoms with Gasteiger partial charge in [0.2, 0.25) is 0 Å². The van der Waals surface area contributed by atoms with Gasteiger partial charge in [-0.3, -0.25) is 0 Å². The quantitative estimate of drug-likeness (QED) is 0.922. The molecule has 0 radical (unpaired) electrons. The molecule has 3 rings (SSSR count). The van der Waals surface area contributed by atoms with E-state index in [2.05, 4.69) is 53.5 Å². The Kier molecular flexibility index (Phi) is 5.61. The highest BCUT2D eigenvalue weighted by Crippen LogP contribution is 2.24. The van der Waals surface area contributed by atoms with E-state index in [1.165, 1.54) is 30.5 Å². The maximum atomic E-state index is 12.6. The van der Waals surface area contributed by atoms with Crippen LogP contribution >= 0.6 is 0 Å². The molecule has 0 spiro atoms. The minimum atomic E-state index is 0.0674. The van der Waals surface area contributed by atoms with Crippen LogP contribution in [0.3, 0.4) is 0 Å². The molecule has 2 heterocycles. The summed E-state index contributed by atoms with van der Waals surface area (Å²) in [5.74, 6) is 0. The molecule has 5 nitrogen and oxygen atoms in total. The Bertz CT molecular complexity index is 554. The number of amides is 2. The van der Waals surface area contributed by atoms with E-state index >= 15 is 0 Å². The van der Waals surface area contributed by atoms with Crippen LogP contribution in [0.25, 0.3) is 0 Å². The van der Waals surface area contributed by atoms with Gasteiger partial charge in [-0.25, -0.2) is 4.79 Å². The highest BCUT2D eigenvalue weighted by atomic mass is 16.2. The van der Waals surface area contributed by atoms with Gasteiger partial charge >= 0.3 is 6.03 Å². The van der Waals surface area contributed by atoms with Gasteiger partial charge in [-0.15, -0.1) is 0 Å². The third-order valence-corrected chi connectivity index (χ3v) is 5.28. The molecule has 0 bridgehead atoms. The second-order valence-electron chi connectivity index (χ2n) is 7.19. The smallest absolute Gasteiger partial charge is 0.317 e. The van der Waals surface area contributed by atoms with E-state index in [1.54, 1.807) is 0 Å². The largest absolute Gasteiger partial charge is 0.371 e. The summed E-state index contributed by atoms with van der Waals surface area (Å²) in [6, 6.07) is 9.00. The third-order valence-electron chi connectivity index (χ3n) is 5.28. The first-order valence-electron chi connectivity index (χ1n) is 9.17. The van der Waals surface area contributed by atoms with Gasteiger partial charge in [-0.1, -0.05) is 18.2 Å². The third kappa shape index (κ3) is 4.01. The topological polar surface area (TPSA) is 38.8 Å². The second-order valence-corrected chi connectivity index (χ2v) is 7.19. The monoisotopic (exact) mass is 330 g/mol. The van der Waals surface area contributed by atoms with Gasteiger partial charge in [0.15, 0.2) is 0 Å². The Morgan fingerprint density at radius 3 is 2.67 bits per heavy atom. The lowest BCUT2D eigenvalue weighted by molar-refractivity contribution is 0.140. The number of likely N-dealkylation sites (N-methyl/N-ethyl adjacent to an activating group) is 1. The molecule has 2 fully saturated rings. The summed E-state index contributed by atoms with van der Waals surface area (Å²) >= 11 is 0. The molecule has 1 N–H and O–H groups in total. The first-order chi connectivity index (χ1) is 11.6. The normalized spacial score (nSPS) is 21.4. The zero-order valence-corrected chi connectivity index (χ0v) is 15.0. The van der Waals surface area contributed by atoms with E-state index in [-0.39, 0.29) is 6.03 Å². The van der Waals surface area contributed by atoms with Gasteiger partial charge in [0.1, 0.15) is 0 Å². The summed E-state index contributed by atoms with van der Waals surface area (Å²) < 4.78 is 0. The summed E-state index contributed by atoms with van der Waals surface area (Å²) in [5, 5.41) is 3.13. The molecule has 1 unspecified atom stereocenters. The number of hydrogen-bond acceptors (Lipinski definition) is 3. The number of carbonyl (C=O) groups is 1. The molecule has 2 amide bonds. The molecule has 5 heteroatoms. The highest BCUT2D eigenvalue weighted by molar-refractivity contribution is 5.74. The fourth-order valence-electron chi connectivity index (χ4n) is 3.77. The number of urea groups is 1. The lowest BCUT2D eigenvalue weighted by atomic mass is 10.1. The predicted octanol–water partition coefficient (Wildman–Crippen LogP) is 2.52. The first kappa shape index (κ1) is 17.1. The fourth-order valence-corrected chi connectivity index (χ4v) is 3.77. The molecule has 0 saturated carbocycles. The Morgan fingerprint density at radius 1 is 1.17 bits per heavy atom. The number of nitrogens with one attached hydrogen (secondary N) is 1. The lowest BCUT2D eigenvalue weighted by Crippen LogP contribution is -2.50. The molecule has 2 aliphatic heterocycles. The van der Waals surface area contributed by atoms with E-state index < -0.39 is 0 Å². The van der Waals surface area contributed by atoms with Crippen molar-refractivity contribution in [3.05, 3.63) is 29.8 Å². The molecule has 132 valence electrons. The van der Waals surface area contributed by atoms with Crippen molar-refractivity contribution in [2.45, 2.75) is 38.3 Å². The SMILES string of the molecule is CN(C)C1CCCN(C(=O)NCc2ccccc2N2CCCC2)C1. The minimum Gasteiger partial charge on any atom is -0.371 e. The summed E-state index contributed by atoms with van der Waals surface area (Å²) in [4.78, 5) is 19.2. The maximum Gasteiger partial charge on any atom is 0.317 e. The van der Waals surface area contributed by atoms with Crippen molar-refractivity contribution in [3.63, 3.8) is 0 Å². The maximum absolute atomic E-state index is 12.6. The number of hydrogen-bond donors (Lipinski definition) is 1. The van der Waals surface area contributed by atoms with Crippen molar-refractivity contribution in [1.82, 2.24) is 15.1 Å². The zero-order chi connectivity index (χ0) is 16.9. The Hall–Kier alpha value is -1.75. The zero-order valence-electron chi connectivity index (χ0n) is 15.0. The van der Waals surface area contributed by atoms with Crippen LogP contribution in [0.2, 0.25) is 0 Å². The van der Waals surface area contributed by atoms with E-state index in [0.29, 0.717) is 12.6 Å². The molecule has 0 aromatic heterocycles. The Morgan fingerprint density at radius 2 is 1.92 bits per heavy atom. The van der Waals surface area contributed by atoms with Gasteiger partial charge < -0.3 is 20.0 Å². The average Bonchev–Trinajstić information content (AvgIpc) is 3.14. The van der Waals surface area contributed by atoms with E-state index in [4.69, 9.17) is 0 Å². The number of benzene rings is 1. The number of likely N-dealkylation sites (tertiary alicyclic amines) is 1. The fraction of sp³-hybridized carbons (Fsp3) is 0.632. The molecule has 2 saturated heterocycles. The lowest BCUT2D eigenvalue weighted by Gasteiger charge is -2.36. The van der Waals surface area contributed by atoms with Crippen LogP contribution in [-0.4, -0.2) is 62.1 Å². The van der Waals surface area contributed by atoms with Crippen LogP contribution in [-0.2, 0) is 6.54 Å². The molecule has 1 aromatic carbocycles. The van der Waals surface area contributed by atoms with E-state index in [9.17, 15) is 4.79 Å². The summed E-state index contributed by atoms with van der Waals surface area (Å²) in [6.45, 7) is 4.55. The second kappa shape index (κ2) is 7.88. The molecule has 0 aliphatic carbocycles. The number of rotatable bonds is 4. The molecule has 24 heavy (non-hydrogen) atoms.